The number of para-hydroxylation sites is 1. The number of nitrogens with one attached hydrogen (secondary N) is 1. The highest BCUT2D eigenvalue weighted by molar-refractivity contribution is 7.07. The van der Waals surface area contributed by atoms with Gasteiger partial charge in [-0.3, -0.25) is 4.79 Å². The third-order valence-corrected chi connectivity index (χ3v) is 4.44. The molecule has 0 aliphatic carbocycles. The van der Waals surface area contributed by atoms with E-state index in [-0.39, 0.29) is 33.6 Å². The number of alkyl halides is 4. The van der Waals surface area contributed by atoms with Crippen LogP contribution >= 0.6 is 11.5 Å². The predicted octanol–water partition coefficient (Wildman–Crippen LogP) is 4.41. The molecule has 12 heteroatoms. The van der Waals surface area contributed by atoms with E-state index in [0.717, 1.165) is 23.7 Å². The van der Waals surface area contributed by atoms with Crippen molar-refractivity contribution >= 4 is 23.2 Å². The first-order valence-corrected chi connectivity index (χ1v) is 9.37. The molecular formula is C19H14F4N4O3S. The molecule has 2 aromatic carbocycles. The van der Waals surface area contributed by atoms with E-state index in [1.54, 1.807) is 12.1 Å². The van der Waals surface area contributed by atoms with E-state index < -0.39 is 24.5 Å². The summed E-state index contributed by atoms with van der Waals surface area (Å²) < 4.78 is 60.9. The Morgan fingerprint density at radius 1 is 1.19 bits per heavy atom. The molecule has 3 aromatic rings. The van der Waals surface area contributed by atoms with Crippen LogP contribution in [0.25, 0.3) is 11.4 Å². The van der Waals surface area contributed by atoms with Gasteiger partial charge in [0.25, 0.3) is 18.0 Å². The average molecular weight is 454 g/mol. The maximum atomic E-state index is 12.9. The number of likely N-dealkylation sites (N-methyl/N-ethyl adjacent to an activating group) is 1. The van der Waals surface area contributed by atoms with Gasteiger partial charge in [-0.2, -0.15) is 22.5 Å². The van der Waals surface area contributed by atoms with Crippen molar-refractivity contribution in [1.82, 2.24) is 14.7 Å². The number of carbonyl (C=O) groups is 1. The van der Waals surface area contributed by atoms with Gasteiger partial charge in [0.1, 0.15) is 5.75 Å². The third kappa shape index (κ3) is 5.34. The first kappa shape index (κ1) is 22.2. The van der Waals surface area contributed by atoms with Crippen molar-refractivity contribution in [3.8, 4) is 22.3 Å². The van der Waals surface area contributed by atoms with Crippen LogP contribution in [0.15, 0.2) is 53.7 Å². The molecule has 1 aromatic heterocycles. The van der Waals surface area contributed by atoms with Crippen LogP contribution in [0.1, 0.15) is 11.1 Å². The Labute approximate surface area is 177 Å². The second kappa shape index (κ2) is 9.51. The van der Waals surface area contributed by atoms with Crippen molar-refractivity contribution in [1.29, 1.82) is 0 Å². The second-order valence-corrected chi connectivity index (χ2v) is 6.53. The molecule has 31 heavy (non-hydrogen) atoms. The van der Waals surface area contributed by atoms with Crippen molar-refractivity contribution in [3.63, 3.8) is 0 Å². The molecule has 162 valence electrons. The van der Waals surface area contributed by atoms with Crippen LogP contribution in [-0.2, 0) is 15.8 Å². The number of amides is 1. The Morgan fingerprint density at radius 2 is 1.97 bits per heavy atom. The van der Waals surface area contributed by atoms with Crippen LogP contribution in [-0.4, -0.2) is 34.9 Å². The molecular weight excluding hydrogens is 440 g/mol. The van der Waals surface area contributed by atoms with Gasteiger partial charge >= 0.3 is 6.18 Å². The second-order valence-electron chi connectivity index (χ2n) is 5.82. The van der Waals surface area contributed by atoms with Gasteiger partial charge in [0, 0.05) is 24.1 Å². The predicted molar refractivity (Wildman–Crippen MR) is 105 cm³/mol. The summed E-state index contributed by atoms with van der Waals surface area (Å²) in [5, 5.41) is 5.86. The number of hydrogen-bond acceptors (Lipinski definition) is 7. The Kier molecular flexibility index (Phi) is 6.80. The molecule has 0 fully saturated rings. The molecule has 0 saturated heterocycles. The fourth-order valence-electron chi connectivity index (χ4n) is 2.47. The number of oxime groups is 1. The topological polar surface area (TPSA) is 85.7 Å². The monoisotopic (exact) mass is 454 g/mol. The summed E-state index contributed by atoms with van der Waals surface area (Å²) in [6.45, 7) is -1.24. The summed E-state index contributed by atoms with van der Waals surface area (Å²) in [5.74, 6) is -0.463. The minimum absolute atomic E-state index is 0.0162. The summed E-state index contributed by atoms with van der Waals surface area (Å²) in [5.41, 5.74) is -0.713. The molecule has 1 heterocycles. The van der Waals surface area contributed by atoms with Crippen molar-refractivity contribution < 1.29 is 31.9 Å². The molecule has 0 unspecified atom stereocenters. The average Bonchev–Trinajstić information content (AvgIpc) is 3.23. The SMILES string of the molecule is CNC(=O)/C(=N\OCF)c1ccccc1Oc1nc(-c2cccc(C(F)(F)F)c2)ns1. The van der Waals surface area contributed by atoms with Crippen LogP contribution in [0.3, 0.4) is 0 Å². The summed E-state index contributed by atoms with van der Waals surface area (Å²) in [4.78, 5) is 20.6. The Bertz CT molecular complexity index is 1100. The van der Waals surface area contributed by atoms with E-state index in [9.17, 15) is 22.4 Å². The molecule has 1 N–H and O–H groups in total. The number of aromatic nitrogens is 2. The number of hydrogen-bond donors (Lipinski definition) is 1. The number of rotatable bonds is 7. The number of ether oxygens (including phenoxy) is 1. The van der Waals surface area contributed by atoms with Gasteiger partial charge in [-0.15, -0.1) is 0 Å². The third-order valence-electron chi connectivity index (χ3n) is 3.84. The van der Waals surface area contributed by atoms with E-state index >= 15 is 0 Å². The van der Waals surface area contributed by atoms with E-state index in [0.29, 0.717) is 0 Å². The van der Waals surface area contributed by atoms with Crippen LogP contribution in [0.5, 0.6) is 10.9 Å². The van der Waals surface area contributed by atoms with Gasteiger partial charge in [-0.05, 0) is 24.3 Å². The lowest BCUT2D eigenvalue weighted by atomic mass is 10.1. The maximum Gasteiger partial charge on any atom is 0.416 e. The number of nitrogens with zero attached hydrogens (tertiary/aromatic N) is 3. The van der Waals surface area contributed by atoms with E-state index in [2.05, 4.69) is 24.7 Å². The zero-order chi connectivity index (χ0) is 22.4. The van der Waals surface area contributed by atoms with Crippen molar-refractivity contribution in [2.45, 2.75) is 6.18 Å². The lowest BCUT2D eigenvalue weighted by Crippen LogP contribution is -2.29. The molecule has 0 saturated carbocycles. The standard InChI is InChI=1S/C19H14F4N4O3S/c1-24-17(28)15(26-29-10-20)13-7-2-3-8-14(13)30-18-25-16(27-31-18)11-5-4-6-12(9-11)19(21,22)23/h2-9H,10H2,1H3,(H,24,28)/b26-15-. The molecule has 0 atom stereocenters. The summed E-state index contributed by atoms with van der Waals surface area (Å²) >= 11 is 0.809. The van der Waals surface area contributed by atoms with E-state index in [4.69, 9.17) is 4.74 Å². The zero-order valence-corrected chi connectivity index (χ0v) is 16.6. The van der Waals surface area contributed by atoms with Gasteiger partial charge in [0.15, 0.2) is 11.5 Å². The largest absolute Gasteiger partial charge is 0.429 e. The zero-order valence-electron chi connectivity index (χ0n) is 15.8. The van der Waals surface area contributed by atoms with Gasteiger partial charge in [-0.25, -0.2) is 4.39 Å². The normalized spacial score (nSPS) is 11.8. The molecule has 0 bridgehead atoms. The number of benzene rings is 2. The van der Waals surface area contributed by atoms with Crippen LogP contribution in [0.4, 0.5) is 17.6 Å². The van der Waals surface area contributed by atoms with Crippen LogP contribution in [0, 0.1) is 0 Å². The van der Waals surface area contributed by atoms with Crippen LogP contribution in [0.2, 0.25) is 0 Å². The number of carbonyl (C=O) groups excluding carboxylic acids is 1. The quantitative estimate of drug-likeness (QED) is 0.325. The summed E-state index contributed by atoms with van der Waals surface area (Å²) in [7, 11) is 1.36. The van der Waals surface area contributed by atoms with Crippen molar-refractivity contribution in [3.05, 3.63) is 59.7 Å². The Morgan fingerprint density at radius 3 is 2.68 bits per heavy atom. The minimum Gasteiger partial charge on any atom is -0.429 e. The molecule has 3 rings (SSSR count). The first-order chi connectivity index (χ1) is 14.8. The highest BCUT2D eigenvalue weighted by Crippen LogP contribution is 2.33. The molecule has 1 amide bonds. The molecule has 0 radical (unpaired) electrons. The summed E-state index contributed by atoms with van der Waals surface area (Å²) in [6.07, 6.45) is -4.50. The Balaban J connectivity index is 1.91. The lowest BCUT2D eigenvalue weighted by Gasteiger charge is -2.10. The highest BCUT2D eigenvalue weighted by atomic mass is 32.1. The van der Waals surface area contributed by atoms with Gasteiger partial charge in [-0.1, -0.05) is 29.4 Å². The lowest BCUT2D eigenvalue weighted by molar-refractivity contribution is -0.137. The fraction of sp³-hybridized carbons (Fsp3) is 0.158. The molecule has 0 aliphatic heterocycles. The van der Waals surface area contributed by atoms with Crippen LogP contribution < -0.4 is 10.1 Å². The van der Waals surface area contributed by atoms with Gasteiger partial charge in [0.05, 0.1) is 11.1 Å². The highest BCUT2D eigenvalue weighted by Gasteiger charge is 2.30. The van der Waals surface area contributed by atoms with E-state index in [1.165, 1.54) is 31.3 Å². The summed E-state index contributed by atoms with van der Waals surface area (Å²) in [6, 6.07) is 10.8. The smallest absolute Gasteiger partial charge is 0.416 e. The number of halogens is 4. The molecule has 0 spiro atoms. The maximum absolute atomic E-state index is 12.9. The van der Waals surface area contributed by atoms with E-state index in [1.807, 2.05) is 0 Å². The fourth-order valence-corrected chi connectivity index (χ4v) is 3.03. The first-order valence-electron chi connectivity index (χ1n) is 8.60. The van der Waals surface area contributed by atoms with Gasteiger partial charge in [0.2, 0.25) is 0 Å². The van der Waals surface area contributed by atoms with Crippen molar-refractivity contribution in [2.24, 2.45) is 5.16 Å². The Hall–Kier alpha value is -3.54. The van der Waals surface area contributed by atoms with Crippen molar-refractivity contribution in [2.75, 3.05) is 13.9 Å². The minimum atomic E-state index is -4.50. The van der Waals surface area contributed by atoms with Gasteiger partial charge < -0.3 is 14.9 Å². The molecule has 7 nitrogen and oxygen atoms in total. The molecule has 0 aliphatic rings.